The molecular formula is C16H24BNO5. The number of hydrogen-bond donors (Lipinski definition) is 1. The lowest BCUT2D eigenvalue weighted by atomic mass is 9.79. The normalized spacial score (nSPS) is 18.8. The van der Waals surface area contributed by atoms with Gasteiger partial charge >= 0.3 is 13.1 Å². The molecule has 1 aliphatic heterocycles. The third kappa shape index (κ3) is 3.68. The van der Waals surface area contributed by atoms with E-state index in [4.69, 9.17) is 24.5 Å². The smallest absolute Gasteiger partial charge is 0.490 e. The number of carbonyl (C=O) groups is 1. The minimum Gasteiger partial charge on any atom is -0.490 e. The molecule has 0 amide bonds. The van der Waals surface area contributed by atoms with Crippen molar-refractivity contribution in [3.63, 3.8) is 0 Å². The van der Waals surface area contributed by atoms with Crippen molar-refractivity contribution >= 4 is 18.6 Å². The molecule has 1 fully saturated rings. The first-order valence-electron chi connectivity index (χ1n) is 7.73. The van der Waals surface area contributed by atoms with Crippen LogP contribution in [0.5, 0.6) is 11.5 Å². The van der Waals surface area contributed by atoms with Gasteiger partial charge in [-0.1, -0.05) is 6.07 Å². The summed E-state index contributed by atoms with van der Waals surface area (Å²) in [4.78, 5) is 11.4. The molecule has 1 aromatic rings. The highest BCUT2D eigenvalue weighted by atomic mass is 16.7. The summed E-state index contributed by atoms with van der Waals surface area (Å²) in [6.45, 7) is 10.1. The maximum absolute atomic E-state index is 11.4. The Morgan fingerprint density at radius 2 is 1.78 bits per heavy atom. The van der Waals surface area contributed by atoms with Crippen LogP contribution in [0.4, 0.5) is 0 Å². The molecule has 0 saturated carbocycles. The predicted octanol–water partition coefficient (Wildman–Crippen LogP) is 1.25. The quantitative estimate of drug-likeness (QED) is 0.499. The Bertz CT molecular complexity index is 572. The lowest BCUT2D eigenvalue weighted by Crippen LogP contribution is -2.41. The van der Waals surface area contributed by atoms with Crippen molar-refractivity contribution in [2.24, 2.45) is 5.73 Å². The van der Waals surface area contributed by atoms with E-state index in [-0.39, 0.29) is 6.54 Å². The fraction of sp³-hybridized carbons (Fsp3) is 0.562. The Balaban J connectivity index is 2.28. The number of hydrogen-bond acceptors (Lipinski definition) is 6. The molecule has 0 bridgehead atoms. The Labute approximate surface area is 137 Å². The van der Waals surface area contributed by atoms with E-state index in [2.05, 4.69) is 0 Å². The zero-order chi connectivity index (χ0) is 17.3. The molecule has 0 radical (unpaired) electrons. The minimum atomic E-state index is -0.519. The van der Waals surface area contributed by atoms with Crippen LogP contribution in [0.25, 0.3) is 0 Å². The van der Waals surface area contributed by atoms with E-state index in [0.717, 1.165) is 5.46 Å². The summed E-state index contributed by atoms with van der Waals surface area (Å²) in [5, 5.41) is 0. The van der Waals surface area contributed by atoms with Gasteiger partial charge in [0.2, 0.25) is 0 Å². The molecule has 0 aliphatic carbocycles. The van der Waals surface area contributed by atoms with Crippen molar-refractivity contribution in [1.29, 1.82) is 0 Å². The number of rotatable bonds is 5. The molecule has 23 heavy (non-hydrogen) atoms. The zero-order valence-corrected chi connectivity index (χ0v) is 14.3. The summed E-state index contributed by atoms with van der Waals surface area (Å²) < 4.78 is 22.8. The van der Waals surface area contributed by atoms with Gasteiger partial charge in [-0.05, 0) is 52.2 Å². The van der Waals surface area contributed by atoms with Crippen LogP contribution in [0.2, 0.25) is 0 Å². The van der Waals surface area contributed by atoms with Crippen LogP contribution < -0.4 is 20.7 Å². The Morgan fingerprint density at radius 1 is 1.17 bits per heavy atom. The molecule has 0 aromatic heterocycles. The van der Waals surface area contributed by atoms with E-state index in [1.807, 2.05) is 34.6 Å². The van der Waals surface area contributed by atoms with Crippen LogP contribution in [0, 0.1) is 0 Å². The molecule has 7 heteroatoms. The van der Waals surface area contributed by atoms with Gasteiger partial charge in [0.25, 0.3) is 0 Å². The molecule has 2 rings (SSSR count). The van der Waals surface area contributed by atoms with Crippen molar-refractivity contribution in [2.75, 3.05) is 13.2 Å². The van der Waals surface area contributed by atoms with Crippen LogP contribution in [0.15, 0.2) is 18.2 Å². The SMILES string of the molecule is CCOc1cc(B2OC(C)(C)C(C)(C)O2)ccc1OC(=O)CN. The first kappa shape index (κ1) is 17.8. The fourth-order valence-corrected chi connectivity index (χ4v) is 2.17. The highest BCUT2D eigenvalue weighted by Crippen LogP contribution is 2.37. The molecular weight excluding hydrogens is 297 g/mol. The third-order valence-corrected chi connectivity index (χ3v) is 4.18. The van der Waals surface area contributed by atoms with Gasteiger partial charge in [0, 0.05) is 0 Å². The second kappa shape index (κ2) is 6.51. The highest BCUT2D eigenvalue weighted by molar-refractivity contribution is 6.62. The standard InChI is InChI=1S/C16H24BNO5/c1-6-20-13-9-11(7-8-12(13)21-14(19)10-18)17-22-15(2,3)16(4,5)23-17/h7-9H,6,10,18H2,1-5H3. The topological polar surface area (TPSA) is 80.0 Å². The second-order valence-corrected chi connectivity index (χ2v) is 6.41. The predicted molar refractivity (Wildman–Crippen MR) is 88.0 cm³/mol. The van der Waals surface area contributed by atoms with Gasteiger partial charge < -0.3 is 24.5 Å². The monoisotopic (exact) mass is 321 g/mol. The van der Waals surface area contributed by atoms with Gasteiger partial charge in [0.15, 0.2) is 11.5 Å². The summed E-state index contributed by atoms with van der Waals surface area (Å²) in [6, 6.07) is 5.23. The maximum atomic E-state index is 11.4. The second-order valence-electron chi connectivity index (χ2n) is 6.41. The lowest BCUT2D eigenvalue weighted by Gasteiger charge is -2.32. The fourth-order valence-electron chi connectivity index (χ4n) is 2.17. The molecule has 1 aliphatic rings. The molecule has 0 atom stereocenters. The van der Waals surface area contributed by atoms with Crippen molar-refractivity contribution < 1.29 is 23.6 Å². The molecule has 0 unspecified atom stereocenters. The van der Waals surface area contributed by atoms with E-state index in [9.17, 15) is 4.79 Å². The largest absolute Gasteiger partial charge is 0.494 e. The Kier molecular flexibility index (Phi) is 5.03. The van der Waals surface area contributed by atoms with Crippen LogP contribution >= 0.6 is 0 Å². The summed E-state index contributed by atoms with van der Waals surface area (Å²) >= 11 is 0. The number of carbonyl (C=O) groups excluding carboxylic acids is 1. The van der Waals surface area contributed by atoms with Crippen LogP contribution in [-0.4, -0.2) is 37.4 Å². The van der Waals surface area contributed by atoms with E-state index >= 15 is 0 Å². The summed E-state index contributed by atoms with van der Waals surface area (Å²) in [5.41, 5.74) is 5.24. The van der Waals surface area contributed by atoms with Gasteiger partial charge in [-0.15, -0.1) is 0 Å². The maximum Gasteiger partial charge on any atom is 0.494 e. The Hall–Kier alpha value is -1.57. The average molecular weight is 321 g/mol. The van der Waals surface area contributed by atoms with Gasteiger partial charge in [-0.25, -0.2) is 0 Å². The molecule has 1 heterocycles. The molecule has 0 spiro atoms. The lowest BCUT2D eigenvalue weighted by molar-refractivity contribution is -0.132. The number of benzene rings is 1. The van der Waals surface area contributed by atoms with Crippen molar-refractivity contribution in [2.45, 2.75) is 45.8 Å². The number of ether oxygens (including phenoxy) is 2. The van der Waals surface area contributed by atoms with E-state index < -0.39 is 24.3 Å². The van der Waals surface area contributed by atoms with E-state index in [1.54, 1.807) is 18.2 Å². The summed E-state index contributed by atoms with van der Waals surface area (Å²) in [7, 11) is -0.501. The minimum absolute atomic E-state index is 0.190. The van der Waals surface area contributed by atoms with Crippen molar-refractivity contribution in [3.05, 3.63) is 18.2 Å². The van der Waals surface area contributed by atoms with E-state index in [0.29, 0.717) is 18.1 Å². The van der Waals surface area contributed by atoms with E-state index in [1.165, 1.54) is 0 Å². The van der Waals surface area contributed by atoms with Crippen molar-refractivity contribution in [3.8, 4) is 11.5 Å². The first-order chi connectivity index (χ1) is 10.7. The number of esters is 1. The molecule has 1 saturated heterocycles. The van der Waals surface area contributed by atoms with Gasteiger partial charge in [0.05, 0.1) is 24.4 Å². The van der Waals surface area contributed by atoms with Crippen LogP contribution in [-0.2, 0) is 14.1 Å². The highest BCUT2D eigenvalue weighted by Gasteiger charge is 2.51. The van der Waals surface area contributed by atoms with Crippen LogP contribution in [0.3, 0.4) is 0 Å². The molecule has 2 N–H and O–H groups in total. The average Bonchev–Trinajstić information content (AvgIpc) is 2.69. The Morgan fingerprint density at radius 3 is 2.30 bits per heavy atom. The summed E-state index contributed by atoms with van der Waals surface area (Å²) in [6.07, 6.45) is 0. The molecule has 126 valence electrons. The van der Waals surface area contributed by atoms with Gasteiger partial charge in [0.1, 0.15) is 0 Å². The van der Waals surface area contributed by atoms with Gasteiger partial charge in [-0.2, -0.15) is 0 Å². The third-order valence-electron chi connectivity index (χ3n) is 4.18. The molecule has 6 nitrogen and oxygen atoms in total. The summed E-state index contributed by atoms with van der Waals surface area (Å²) in [5.74, 6) is 0.276. The van der Waals surface area contributed by atoms with Crippen LogP contribution in [0.1, 0.15) is 34.6 Å². The molecule has 1 aromatic carbocycles. The number of nitrogens with two attached hydrogens (primary N) is 1. The van der Waals surface area contributed by atoms with Gasteiger partial charge in [-0.3, -0.25) is 4.79 Å². The zero-order valence-electron chi connectivity index (χ0n) is 14.3. The van der Waals surface area contributed by atoms with Crippen molar-refractivity contribution in [1.82, 2.24) is 0 Å². The first-order valence-corrected chi connectivity index (χ1v) is 7.73.